The number of aromatic nitrogens is 4. The molecule has 11 heteroatoms. The minimum atomic E-state index is -0.586. The zero-order valence-electron chi connectivity index (χ0n) is 16.7. The molecule has 0 saturated heterocycles. The number of aromatic hydroxyl groups is 2. The first-order chi connectivity index (χ1) is 15.4. The van der Waals surface area contributed by atoms with E-state index in [1.165, 1.54) is 30.6 Å². The van der Waals surface area contributed by atoms with Crippen LogP contribution in [0.5, 0.6) is 17.2 Å². The van der Waals surface area contributed by atoms with Crippen molar-refractivity contribution >= 4 is 27.9 Å². The lowest BCUT2D eigenvalue weighted by molar-refractivity contribution is 0.373. The Hall–Kier alpha value is -3.76. The van der Waals surface area contributed by atoms with Gasteiger partial charge in [0.2, 0.25) is 11.2 Å². The number of H-pyrrole nitrogens is 1. The zero-order chi connectivity index (χ0) is 22.6. The van der Waals surface area contributed by atoms with Crippen LogP contribution >= 0.6 is 22.9 Å². The summed E-state index contributed by atoms with van der Waals surface area (Å²) in [6.07, 6.45) is 1.81. The summed E-state index contributed by atoms with van der Waals surface area (Å²) in [6, 6.07) is 5.87. The standard InChI is InChI=1S/C21H15ClN4O5S/c1-9-7-12(28)17(29)18(31-9)15-14(10-3-4-11(27)13(8-10)30-2)23-20(24-15)16-19(22)25-21-26(16)5-6-32-21/h3-8,27,29H,1-2H3,(H,23,24). The summed E-state index contributed by atoms with van der Waals surface area (Å²) >= 11 is 7.80. The molecular formula is C21H15ClN4O5S. The number of imidazole rings is 2. The number of ether oxygens (including phenoxy) is 1. The van der Waals surface area contributed by atoms with Crippen LogP contribution in [0.1, 0.15) is 5.76 Å². The van der Waals surface area contributed by atoms with Crippen LogP contribution in [0.15, 0.2) is 45.1 Å². The smallest absolute Gasteiger partial charge is 0.227 e. The predicted octanol–water partition coefficient (Wildman–Crippen LogP) is 4.45. The van der Waals surface area contributed by atoms with Crippen LogP contribution in [0.25, 0.3) is 39.2 Å². The number of hydrogen-bond donors (Lipinski definition) is 3. The summed E-state index contributed by atoms with van der Waals surface area (Å²) in [5.41, 5.74) is 1.08. The van der Waals surface area contributed by atoms with Gasteiger partial charge in [-0.05, 0) is 25.1 Å². The molecule has 0 saturated carbocycles. The minimum absolute atomic E-state index is 0.0442. The van der Waals surface area contributed by atoms with Gasteiger partial charge in [0.25, 0.3) is 0 Å². The number of fused-ring (bicyclic) bond motifs is 1. The van der Waals surface area contributed by atoms with Crippen LogP contribution in [0.4, 0.5) is 0 Å². The maximum absolute atomic E-state index is 12.2. The van der Waals surface area contributed by atoms with E-state index in [2.05, 4.69) is 15.0 Å². The summed E-state index contributed by atoms with van der Waals surface area (Å²) in [6.45, 7) is 1.60. The van der Waals surface area contributed by atoms with E-state index in [1.54, 1.807) is 23.5 Å². The Bertz CT molecular complexity index is 1550. The van der Waals surface area contributed by atoms with Gasteiger partial charge in [0.05, 0.1) is 7.11 Å². The molecule has 4 aromatic heterocycles. The largest absolute Gasteiger partial charge is 0.504 e. The Morgan fingerprint density at radius 3 is 2.84 bits per heavy atom. The maximum atomic E-state index is 12.2. The van der Waals surface area contributed by atoms with Crippen molar-refractivity contribution in [1.82, 2.24) is 19.4 Å². The van der Waals surface area contributed by atoms with Crippen LogP contribution in [0.3, 0.4) is 0 Å². The van der Waals surface area contributed by atoms with E-state index in [9.17, 15) is 15.0 Å². The summed E-state index contributed by atoms with van der Waals surface area (Å²) in [5.74, 6) is 0.223. The molecule has 0 fully saturated rings. The van der Waals surface area contributed by atoms with Gasteiger partial charge < -0.3 is 24.4 Å². The Kier molecular flexibility index (Phi) is 4.68. The molecule has 1 aromatic carbocycles. The van der Waals surface area contributed by atoms with Crippen LogP contribution in [-0.4, -0.2) is 36.7 Å². The van der Waals surface area contributed by atoms with Crippen molar-refractivity contribution in [2.75, 3.05) is 7.11 Å². The lowest BCUT2D eigenvalue weighted by Gasteiger charge is -2.08. The quantitative estimate of drug-likeness (QED) is 0.354. The molecule has 5 rings (SSSR count). The number of aryl methyl sites for hydroxylation is 1. The highest BCUT2D eigenvalue weighted by molar-refractivity contribution is 7.15. The number of phenols is 1. The van der Waals surface area contributed by atoms with Gasteiger partial charge >= 0.3 is 0 Å². The molecule has 0 bridgehead atoms. The highest BCUT2D eigenvalue weighted by atomic mass is 35.5. The van der Waals surface area contributed by atoms with E-state index in [-0.39, 0.29) is 28.1 Å². The monoisotopic (exact) mass is 470 g/mol. The molecule has 0 radical (unpaired) electrons. The van der Waals surface area contributed by atoms with E-state index in [0.717, 1.165) is 0 Å². The Labute approximate surface area is 189 Å². The highest BCUT2D eigenvalue weighted by Crippen LogP contribution is 2.40. The lowest BCUT2D eigenvalue weighted by Crippen LogP contribution is -2.01. The van der Waals surface area contributed by atoms with Crippen molar-refractivity contribution < 1.29 is 19.4 Å². The Balaban J connectivity index is 1.82. The van der Waals surface area contributed by atoms with E-state index < -0.39 is 11.2 Å². The van der Waals surface area contributed by atoms with Crippen LogP contribution in [0.2, 0.25) is 5.15 Å². The first-order valence-electron chi connectivity index (χ1n) is 9.30. The number of rotatable bonds is 4. The van der Waals surface area contributed by atoms with Crippen molar-refractivity contribution in [3.63, 3.8) is 0 Å². The minimum Gasteiger partial charge on any atom is -0.504 e. The molecule has 0 amide bonds. The Morgan fingerprint density at radius 1 is 1.25 bits per heavy atom. The van der Waals surface area contributed by atoms with Crippen molar-refractivity contribution in [2.24, 2.45) is 0 Å². The normalized spacial score (nSPS) is 11.3. The second-order valence-corrected chi connectivity index (χ2v) is 8.13. The van der Waals surface area contributed by atoms with Gasteiger partial charge in [0, 0.05) is 23.2 Å². The van der Waals surface area contributed by atoms with Crippen LogP contribution in [0, 0.1) is 6.92 Å². The lowest BCUT2D eigenvalue weighted by atomic mass is 10.1. The van der Waals surface area contributed by atoms with Crippen molar-refractivity contribution in [3.8, 4) is 51.5 Å². The van der Waals surface area contributed by atoms with E-state index in [0.29, 0.717) is 33.5 Å². The van der Waals surface area contributed by atoms with Crippen LogP contribution < -0.4 is 10.2 Å². The van der Waals surface area contributed by atoms with E-state index in [1.807, 2.05) is 11.6 Å². The second kappa shape index (κ2) is 7.43. The summed E-state index contributed by atoms with van der Waals surface area (Å²) < 4.78 is 12.7. The number of hydrogen-bond acceptors (Lipinski definition) is 8. The molecule has 0 aliphatic rings. The summed E-state index contributed by atoms with van der Waals surface area (Å²) in [5, 5.41) is 22.6. The van der Waals surface area contributed by atoms with Crippen molar-refractivity contribution in [2.45, 2.75) is 6.92 Å². The molecule has 0 aliphatic carbocycles. The van der Waals surface area contributed by atoms with Gasteiger partial charge in [-0.2, -0.15) is 0 Å². The first-order valence-corrected chi connectivity index (χ1v) is 10.6. The van der Waals surface area contributed by atoms with Gasteiger partial charge in [0.1, 0.15) is 22.8 Å². The average Bonchev–Trinajstić information content (AvgIpc) is 3.45. The third kappa shape index (κ3) is 3.12. The van der Waals surface area contributed by atoms with Gasteiger partial charge in [-0.1, -0.05) is 11.6 Å². The number of thiazole rings is 1. The van der Waals surface area contributed by atoms with E-state index in [4.69, 9.17) is 20.8 Å². The molecule has 0 atom stereocenters. The number of aromatic amines is 1. The molecule has 0 aliphatic heterocycles. The zero-order valence-corrected chi connectivity index (χ0v) is 18.3. The number of benzene rings is 1. The number of nitrogens with one attached hydrogen (secondary N) is 1. The molecule has 0 spiro atoms. The fourth-order valence-corrected chi connectivity index (χ4v) is 4.45. The summed E-state index contributed by atoms with van der Waals surface area (Å²) in [7, 11) is 1.43. The third-order valence-corrected chi connectivity index (χ3v) is 5.89. The molecular weight excluding hydrogens is 456 g/mol. The van der Waals surface area contributed by atoms with Gasteiger partial charge in [-0.15, -0.1) is 11.3 Å². The Morgan fingerprint density at radius 2 is 2.06 bits per heavy atom. The van der Waals surface area contributed by atoms with Crippen molar-refractivity contribution in [1.29, 1.82) is 0 Å². The maximum Gasteiger partial charge on any atom is 0.227 e. The fraction of sp³-hybridized carbons (Fsp3) is 0.0952. The topological polar surface area (TPSA) is 126 Å². The first kappa shape index (κ1) is 20.2. The van der Waals surface area contributed by atoms with E-state index >= 15 is 0 Å². The third-order valence-electron chi connectivity index (χ3n) is 4.87. The van der Waals surface area contributed by atoms with Gasteiger partial charge in [-0.3, -0.25) is 9.20 Å². The second-order valence-electron chi connectivity index (χ2n) is 6.90. The molecule has 32 heavy (non-hydrogen) atoms. The predicted molar refractivity (Wildman–Crippen MR) is 120 cm³/mol. The molecule has 162 valence electrons. The number of phenolic OH excluding ortho intramolecular Hbond substituents is 1. The average molecular weight is 471 g/mol. The molecule has 9 nitrogen and oxygen atoms in total. The number of nitrogens with zero attached hydrogens (tertiary/aromatic N) is 3. The van der Waals surface area contributed by atoms with Gasteiger partial charge in [-0.25, -0.2) is 9.97 Å². The molecule has 4 heterocycles. The number of halogens is 1. The SMILES string of the molecule is COc1cc(-c2nc(-c3c(Cl)nc4sccn34)[nH]c2-c2oc(C)cc(=O)c2O)ccc1O. The molecule has 0 unspecified atom stereocenters. The van der Waals surface area contributed by atoms with Crippen LogP contribution in [-0.2, 0) is 0 Å². The van der Waals surface area contributed by atoms with Gasteiger partial charge in [0.15, 0.2) is 33.2 Å². The highest BCUT2D eigenvalue weighted by Gasteiger charge is 2.25. The summed E-state index contributed by atoms with van der Waals surface area (Å²) in [4.78, 5) is 25.0. The number of methoxy groups -OCH3 is 1. The molecule has 3 N–H and O–H groups in total. The fourth-order valence-electron chi connectivity index (χ4n) is 3.43. The molecule has 5 aromatic rings. The van der Waals surface area contributed by atoms with Crippen molar-refractivity contribution in [3.05, 3.63) is 57.0 Å².